The number of carbonyl (C=O) groups excluding carboxylic acids is 1. The lowest BCUT2D eigenvalue weighted by atomic mass is 9.75. The molecule has 1 aliphatic heterocycles. The van der Waals surface area contributed by atoms with E-state index in [1.165, 1.54) is 25.7 Å². The van der Waals surface area contributed by atoms with E-state index in [0.717, 1.165) is 19.5 Å². The van der Waals surface area contributed by atoms with Crippen molar-refractivity contribution in [2.24, 2.45) is 5.41 Å². The SMILES string of the molecule is CC1(C)CCCC(N2CCC(=O)C2)C1. The highest BCUT2D eigenvalue weighted by Crippen LogP contribution is 2.37. The van der Waals surface area contributed by atoms with Crippen LogP contribution in [0.25, 0.3) is 0 Å². The number of ketones is 1. The van der Waals surface area contributed by atoms with Crippen LogP contribution < -0.4 is 0 Å². The number of Topliss-reactive ketones (excluding diaryl/α,β-unsaturated/α-hetero) is 1. The minimum Gasteiger partial charge on any atom is -0.298 e. The summed E-state index contributed by atoms with van der Waals surface area (Å²) in [5.41, 5.74) is 0.495. The maximum absolute atomic E-state index is 11.2. The van der Waals surface area contributed by atoms with Gasteiger partial charge in [0.15, 0.2) is 0 Å². The standard InChI is InChI=1S/C12H21NO/c1-12(2)6-3-4-10(8-12)13-7-5-11(14)9-13/h10H,3-9H2,1-2H3. The lowest BCUT2D eigenvalue weighted by molar-refractivity contribution is -0.117. The lowest BCUT2D eigenvalue weighted by Crippen LogP contribution is -2.39. The van der Waals surface area contributed by atoms with Crippen molar-refractivity contribution in [2.45, 2.75) is 52.0 Å². The van der Waals surface area contributed by atoms with Crippen LogP contribution in [-0.2, 0) is 4.79 Å². The number of hydrogen-bond acceptors (Lipinski definition) is 2. The minimum atomic E-state index is 0.438. The van der Waals surface area contributed by atoms with Gasteiger partial charge in [0.2, 0.25) is 0 Å². The number of rotatable bonds is 1. The molecule has 0 spiro atoms. The van der Waals surface area contributed by atoms with Crippen LogP contribution >= 0.6 is 0 Å². The third kappa shape index (κ3) is 2.17. The van der Waals surface area contributed by atoms with E-state index in [4.69, 9.17) is 0 Å². The summed E-state index contributed by atoms with van der Waals surface area (Å²) >= 11 is 0. The molecule has 2 nitrogen and oxygen atoms in total. The Labute approximate surface area is 86.7 Å². The summed E-state index contributed by atoms with van der Waals surface area (Å²) in [5.74, 6) is 0.438. The van der Waals surface area contributed by atoms with E-state index in [1.807, 2.05) is 0 Å². The zero-order valence-corrected chi connectivity index (χ0v) is 9.38. The third-order valence-electron chi connectivity index (χ3n) is 3.75. The summed E-state index contributed by atoms with van der Waals surface area (Å²) in [5, 5.41) is 0. The summed E-state index contributed by atoms with van der Waals surface area (Å²) in [7, 11) is 0. The summed E-state index contributed by atoms with van der Waals surface area (Å²) in [4.78, 5) is 13.6. The van der Waals surface area contributed by atoms with Gasteiger partial charge in [-0.25, -0.2) is 0 Å². The van der Waals surface area contributed by atoms with Crippen molar-refractivity contribution in [3.63, 3.8) is 0 Å². The van der Waals surface area contributed by atoms with Gasteiger partial charge in [-0.05, 0) is 24.7 Å². The van der Waals surface area contributed by atoms with Crippen molar-refractivity contribution in [1.29, 1.82) is 0 Å². The van der Waals surface area contributed by atoms with E-state index in [9.17, 15) is 4.79 Å². The number of nitrogens with zero attached hydrogens (tertiary/aromatic N) is 1. The zero-order chi connectivity index (χ0) is 10.2. The summed E-state index contributed by atoms with van der Waals surface area (Å²) in [6, 6.07) is 0.685. The fraction of sp³-hybridized carbons (Fsp3) is 0.917. The normalized spacial score (nSPS) is 33.6. The molecule has 1 heterocycles. The summed E-state index contributed by atoms with van der Waals surface area (Å²) in [6.45, 7) is 6.45. The molecule has 2 rings (SSSR count). The summed E-state index contributed by atoms with van der Waals surface area (Å²) in [6.07, 6.45) is 6.06. The van der Waals surface area contributed by atoms with Crippen LogP contribution in [0.15, 0.2) is 0 Å². The van der Waals surface area contributed by atoms with Crippen molar-refractivity contribution in [3.05, 3.63) is 0 Å². The third-order valence-corrected chi connectivity index (χ3v) is 3.75. The molecule has 2 aliphatic rings. The van der Waals surface area contributed by atoms with E-state index in [2.05, 4.69) is 18.7 Å². The topological polar surface area (TPSA) is 20.3 Å². The molecule has 80 valence electrons. The first-order chi connectivity index (χ1) is 6.57. The molecule has 1 aliphatic carbocycles. The Morgan fingerprint density at radius 3 is 2.79 bits per heavy atom. The van der Waals surface area contributed by atoms with E-state index in [-0.39, 0.29) is 0 Å². The average Bonchev–Trinajstić information content (AvgIpc) is 2.50. The minimum absolute atomic E-state index is 0.438. The quantitative estimate of drug-likeness (QED) is 0.639. The fourth-order valence-corrected chi connectivity index (χ4v) is 2.93. The predicted molar refractivity (Wildman–Crippen MR) is 57.2 cm³/mol. The molecule has 0 aromatic rings. The molecule has 0 aromatic heterocycles. The van der Waals surface area contributed by atoms with Gasteiger partial charge in [0.05, 0.1) is 6.54 Å². The molecular weight excluding hydrogens is 174 g/mol. The average molecular weight is 195 g/mol. The largest absolute Gasteiger partial charge is 0.298 e. The number of carbonyl (C=O) groups is 1. The van der Waals surface area contributed by atoms with Crippen LogP contribution in [0.3, 0.4) is 0 Å². The Morgan fingerprint density at radius 2 is 2.21 bits per heavy atom. The number of hydrogen-bond donors (Lipinski definition) is 0. The van der Waals surface area contributed by atoms with E-state index in [0.29, 0.717) is 17.2 Å². The molecule has 0 amide bonds. The van der Waals surface area contributed by atoms with Gasteiger partial charge in [0.25, 0.3) is 0 Å². The smallest absolute Gasteiger partial charge is 0.148 e. The monoisotopic (exact) mass is 195 g/mol. The number of likely N-dealkylation sites (tertiary alicyclic amines) is 1. The predicted octanol–water partition coefficient (Wildman–Crippen LogP) is 2.23. The first-order valence-electron chi connectivity index (χ1n) is 5.83. The molecule has 1 unspecified atom stereocenters. The molecule has 14 heavy (non-hydrogen) atoms. The molecule has 1 saturated carbocycles. The van der Waals surface area contributed by atoms with Crippen LogP contribution in [0.1, 0.15) is 46.0 Å². The van der Waals surface area contributed by atoms with Gasteiger partial charge < -0.3 is 0 Å². The van der Waals surface area contributed by atoms with Gasteiger partial charge in [-0.3, -0.25) is 9.69 Å². The van der Waals surface area contributed by atoms with Gasteiger partial charge in [0, 0.05) is 19.0 Å². The Morgan fingerprint density at radius 1 is 1.43 bits per heavy atom. The van der Waals surface area contributed by atoms with Crippen LogP contribution in [0, 0.1) is 5.41 Å². The highest BCUT2D eigenvalue weighted by Gasteiger charge is 2.33. The van der Waals surface area contributed by atoms with Crippen LogP contribution in [0.2, 0.25) is 0 Å². The molecule has 0 N–H and O–H groups in total. The Kier molecular flexibility index (Phi) is 2.65. The second-order valence-electron chi connectivity index (χ2n) is 5.67. The summed E-state index contributed by atoms with van der Waals surface area (Å²) < 4.78 is 0. The van der Waals surface area contributed by atoms with Crippen molar-refractivity contribution < 1.29 is 4.79 Å². The zero-order valence-electron chi connectivity index (χ0n) is 9.38. The highest BCUT2D eigenvalue weighted by atomic mass is 16.1. The first-order valence-corrected chi connectivity index (χ1v) is 5.83. The first kappa shape index (κ1) is 10.2. The van der Waals surface area contributed by atoms with Crippen LogP contribution in [0.4, 0.5) is 0 Å². The second-order valence-corrected chi connectivity index (χ2v) is 5.67. The van der Waals surface area contributed by atoms with Crippen molar-refractivity contribution >= 4 is 5.78 Å². The van der Waals surface area contributed by atoms with Gasteiger partial charge >= 0.3 is 0 Å². The molecular formula is C12H21NO. The second kappa shape index (κ2) is 3.65. The Bertz CT molecular complexity index is 234. The van der Waals surface area contributed by atoms with Crippen LogP contribution in [0.5, 0.6) is 0 Å². The molecule has 1 atom stereocenters. The van der Waals surface area contributed by atoms with Gasteiger partial charge in [-0.1, -0.05) is 20.3 Å². The molecule has 0 bridgehead atoms. The molecule has 2 fully saturated rings. The van der Waals surface area contributed by atoms with Crippen molar-refractivity contribution in [1.82, 2.24) is 4.90 Å². The van der Waals surface area contributed by atoms with E-state index < -0.39 is 0 Å². The van der Waals surface area contributed by atoms with Crippen molar-refractivity contribution in [3.8, 4) is 0 Å². The Hall–Kier alpha value is -0.370. The van der Waals surface area contributed by atoms with Gasteiger partial charge in [-0.15, -0.1) is 0 Å². The highest BCUT2D eigenvalue weighted by molar-refractivity contribution is 5.82. The maximum Gasteiger partial charge on any atom is 0.148 e. The van der Waals surface area contributed by atoms with Crippen LogP contribution in [-0.4, -0.2) is 29.8 Å². The maximum atomic E-state index is 11.2. The van der Waals surface area contributed by atoms with E-state index in [1.54, 1.807) is 0 Å². The van der Waals surface area contributed by atoms with Crippen molar-refractivity contribution in [2.75, 3.05) is 13.1 Å². The molecule has 0 aromatic carbocycles. The fourth-order valence-electron chi connectivity index (χ4n) is 2.93. The Balaban J connectivity index is 1.94. The van der Waals surface area contributed by atoms with Gasteiger partial charge in [0.1, 0.15) is 5.78 Å². The molecule has 1 saturated heterocycles. The lowest BCUT2D eigenvalue weighted by Gasteiger charge is -2.39. The van der Waals surface area contributed by atoms with E-state index >= 15 is 0 Å². The van der Waals surface area contributed by atoms with Gasteiger partial charge in [-0.2, -0.15) is 0 Å². The molecule has 0 radical (unpaired) electrons. The molecule has 2 heteroatoms.